The Labute approximate surface area is 153 Å². The molecule has 2 aromatic carbocycles. The van der Waals surface area contributed by atoms with Gasteiger partial charge in [0.1, 0.15) is 0 Å². The molecule has 0 bridgehead atoms. The summed E-state index contributed by atoms with van der Waals surface area (Å²) < 4.78 is 25.8. The Morgan fingerprint density at radius 3 is 2.42 bits per heavy atom. The van der Waals surface area contributed by atoms with Crippen LogP contribution in [0.2, 0.25) is 0 Å². The van der Waals surface area contributed by atoms with Gasteiger partial charge in [-0.1, -0.05) is 0 Å². The van der Waals surface area contributed by atoms with Gasteiger partial charge in [0, 0.05) is 23.5 Å². The first kappa shape index (κ1) is 18.3. The van der Waals surface area contributed by atoms with Crippen molar-refractivity contribution in [3.63, 3.8) is 0 Å². The highest BCUT2D eigenvalue weighted by Crippen LogP contribution is 2.29. The van der Waals surface area contributed by atoms with E-state index in [1.807, 2.05) is 20.8 Å². The molecule has 1 heterocycles. The lowest BCUT2D eigenvalue weighted by Gasteiger charge is -2.21. The third-order valence-corrected chi connectivity index (χ3v) is 5.91. The number of sulfone groups is 1. The second kappa shape index (κ2) is 6.32. The Morgan fingerprint density at radius 1 is 1.12 bits per heavy atom. The van der Waals surface area contributed by atoms with Crippen LogP contribution in [0.5, 0.6) is 0 Å². The number of nitrogen functional groups attached to an aromatic ring is 1. The zero-order valence-electron chi connectivity index (χ0n) is 15.1. The topological polar surface area (TPSA) is 101 Å². The molecule has 0 unspecified atom stereocenters. The Hall–Kier alpha value is -2.54. The van der Waals surface area contributed by atoms with E-state index in [1.165, 1.54) is 18.2 Å². The number of rotatable bonds is 3. The van der Waals surface area contributed by atoms with Crippen molar-refractivity contribution < 1.29 is 13.2 Å². The molecule has 1 aliphatic rings. The van der Waals surface area contributed by atoms with Gasteiger partial charge >= 0.3 is 0 Å². The van der Waals surface area contributed by atoms with E-state index in [0.717, 1.165) is 24.2 Å². The number of carbonyl (C=O) groups is 1. The van der Waals surface area contributed by atoms with Crippen LogP contribution in [-0.4, -0.2) is 26.4 Å². The quantitative estimate of drug-likeness (QED) is 0.718. The summed E-state index contributed by atoms with van der Waals surface area (Å²) in [6, 6.07) is 9.29. The summed E-state index contributed by atoms with van der Waals surface area (Å²) in [4.78, 5) is 12.6. The van der Waals surface area contributed by atoms with Crippen molar-refractivity contribution in [2.24, 2.45) is 0 Å². The molecule has 0 saturated heterocycles. The zero-order valence-corrected chi connectivity index (χ0v) is 15.9. The number of hydrogen-bond donors (Lipinski definition) is 3. The van der Waals surface area contributed by atoms with Crippen molar-refractivity contribution >= 4 is 27.1 Å². The summed E-state index contributed by atoms with van der Waals surface area (Å²) in [6.45, 7) is 6.40. The van der Waals surface area contributed by atoms with Gasteiger partial charge in [-0.25, -0.2) is 8.42 Å². The molecule has 3 rings (SSSR count). The van der Waals surface area contributed by atoms with Gasteiger partial charge in [-0.2, -0.15) is 0 Å². The zero-order chi connectivity index (χ0) is 19.1. The Balaban J connectivity index is 1.94. The fraction of sp³-hybridized carbons (Fsp3) is 0.316. The molecule has 0 aromatic heterocycles. The van der Waals surface area contributed by atoms with E-state index in [-0.39, 0.29) is 26.9 Å². The molecule has 1 aliphatic heterocycles. The average Bonchev–Trinajstić information content (AvgIpc) is 3.00. The molecule has 0 radical (unpaired) electrons. The van der Waals surface area contributed by atoms with Gasteiger partial charge in [0.2, 0.25) is 9.84 Å². The number of anilines is 2. The summed E-state index contributed by atoms with van der Waals surface area (Å²) >= 11 is 0. The number of hydrogen-bond acceptors (Lipinski definition) is 5. The largest absolute Gasteiger partial charge is 0.398 e. The highest BCUT2D eigenvalue weighted by atomic mass is 32.2. The van der Waals surface area contributed by atoms with Gasteiger partial charge in [-0.15, -0.1) is 0 Å². The first-order valence-corrected chi connectivity index (χ1v) is 9.90. The van der Waals surface area contributed by atoms with Crippen molar-refractivity contribution in [3.05, 3.63) is 47.5 Å². The third-order valence-electron chi connectivity index (χ3n) is 4.16. The van der Waals surface area contributed by atoms with Crippen LogP contribution in [0.15, 0.2) is 46.2 Å². The summed E-state index contributed by atoms with van der Waals surface area (Å²) in [5.41, 5.74) is 7.91. The molecule has 0 aliphatic carbocycles. The lowest BCUT2D eigenvalue weighted by atomic mass is 10.1. The molecule has 6 nitrogen and oxygen atoms in total. The van der Waals surface area contributed by atoms with Crippen LogP contribution < -0.4 is 16.4 Å². The normalized spacial score (nSPS) is 13.8. The number of carbonyl (C=O) groups excluding carboxylic acids is 1. The van der Waals surface area contributed by atoms with Gasteiger partial charge in [0.25, 0.3) is 5.91 Å². The minimum absolute atomic E-state index is 0.0771. The maximum atomic E-state index is 12.9. The Kier molecular flexibility index (Phi) is 4.44. The van der Waals surface area contributed by atoms with E-state index in [1.54, 1.807) is 18.2 Å². The fourth-order valence-corrected chi connectivity index (χ4v) is 4.25. The highest BCUT2D eigenvalue weighted by molar-refractivity contribution is 7.91. The van der Waals surface area contributed by atoms with Crippen LogP contribution in [0.4, 0.5) is 11.4 Å². The summed E-state index contributed by atoms with van der Waals surface area (Å²) in [5.74, 6) is -0.331. The summed E-state index contributed by atoms with van der Waals surface area (Å²) in [7, 11) is -3.70. The number of amides is 1. The van der Waals surface area contributed by atoms with E-state index >= 15 is 0 Å². The van der Waals surface area contributed by atoms with Crippen LogP contribution in [0.1, 0.15) is 36.7 Å². The molecule has 7 heteroatoms. The van der Waals surface area contributed by atoms with Crippen molar-refractivity contribution in [2.45, 2.75) is 42.5 Å². The molecule has 0 fully saturated rings. The smallest absolute Gasteiger partial charge is 0.253 e. The van der Waals surface area contributed by atoms with Crippen LogP contribution in [-0.2, 0) is 16.3 Å². The minimum Gasteiger partial charge on any atom is -0.398 e. The first-order chi connectivity index (χ1) is 12.1. The molecular weight excluding hydrogens is 350 g/mol. The predicted octanol–water partition coefficient (Wildman–Crippen LogP) is 2.60. The number of nitrogens with one attached hydrogen (secondary N) is 2. The van der Waals surface area contributed by atoms with Gasteiger partial charge in [-0.3, -0.25) is 4.79 Å². The van der Waals surface area contributed by atoms with Crippen molar-refractivity contribution in [1.82, 2.24) is 5.32 Å². The molecule has 26 heavy (non-hydrogen) atoms. The second-order valence-corrected chi connectivity index (χ2v) is 9.40. The van der Waals surface area contributed by atoms with Crippen molar-refractivity contribution in [1.29, 1.82) is 0 Å². The van der Waals surface area contributed by atoms with E-state index in [2.05, 4.69) is 10.6 Å². The molecule has 4 N–H and O–H groups in total. The van der Waals surface area contributed by atoms with Crippen molar-refractivity contribution in [2.75, 3.05) is 17.6 Å². The predicted molar refractivity (Wildman–Crippen MR) is 102 cm³/mol. The molecule has 0 atom stereocenters. The lowest BCUT2D eigenvalue weighted by Crippen LogP contribution is -2.40. The third kappa shape index (κ3) is 3.53. The van der Waals surface area contributed by atoms with E-state index < -0.39 is 15.4 Å². The second-order valence-electron chi connectivity index (χ2n) is 7.45. The lowest BCUT2D eigenvalue weighted by molar-refractivity contribution is 0.0920. The van der Waals surface area contributed by atoms with E-state index in [0.29, 0.717) is 0 Å². The summed E-state index contributed by atoms with van der Waals surface area (Å²) in [6.07, 6.45) is 0.798. The Bertz CT molecular complexity index is 976. The molecule has 0 spiro atoms. The number of benzene rings is 2. The van der Waals surface area contributed by atoms with Crippen LogP contribution >= 0.6 is 0 Å². The highest BCUT2D eigenvalue weighted by Gasteiger charge is 2.23. The standard InChI is InChI=1S/C19H23N3O3S/c1-19(2,3)22-18(23)15-6-4-14(11-16(15)20)26(24,25)13-5-7-17-12(10-13)8-9-21-17/h4-7,10-11,21H,8-9,20H2,1-3H3,(H,22,23). The molecule has 2 aromatic rings. The van der Waals surface area contributed by atoms with Crippen LogP contribution in [0, 0.1) is 0 Å². The fourth-order valence-electron chi connectivity index (χ4n) is 2.91. The first-order valence-electron chi connectivity index (χ1n) is 8.42. The van der Waals surface area contributed by atoms with Crippen LogP contribution in [0.3, 0.4) is 0 Å². The summed E-state index contributed by atoms with van der Waals surface area (Å²) in [5, 5.41) is 6.03. The molecule has 138 valence electrons. The van der Waals surface area contributed by atoms with Gasteiger partial charge in [0.15, 0.2) is 0 Å². The van der Waals surface area contributed by atoms with Gasteiger partial charge in [-0.05, 0) is 69.2 Å². The maximum Gasteiger partial charge on any atom is 0.253 e. The molecule has 0 saturated carbocycles. The maximum absolute atomic E-state index is 12.9. The number of nitrogens with two attached hydrogens (primary N) is 1. The van der Waals surface area contributed by atoms with Gasteiger partial charge < -0.3 is 16.4 Å². The van der Waals surface area contributed by atoms with E-state index in [9.17, 15) is 13.2 Å². The van der Waals surface area contributed by atoms with Crippen molar-refractivity contribution in [3.8, 4) is 0 Å². The molecule has 1 amide bonds. The average molecular weight is 373 g/mol. The minimum atomic E-state index is -3.70. The Morgan fingerprint density at radius 2 is 1.77 bits per heavy atom. The SMILES string of the molecule is CC(C)(C)NC(=O)c1ccc(S(=O)(=O)c2ccc3c(c2)CCN3)cc1N. The van der Waals surface area contributed by atoms with E-state index in [4.69, 9.17) is 5.73 Å². The molecular formula is C19H23N3O3S. The van der Waals surface area contributed by atoms with Gasteiger partial charge in [0.05, 0.1) is 15.4 Å². The number of fused-ring (bicyclic) bond motifs is 1. The van der Waals surface area contributed by atoms with Crippen LogP contribution in [0.25, 0.3) is 0 Å². The monoisotopic (exact) mass is 373 g/mol.